The van der Waals surface area contributed by atoms with Gasteiger partial charge < -0.3 is 10.2 Å². The van der Waals surface area contributed by atoms with Gasteiger partial charge in [0.25, 0.3) is 0 Å². The van der Waals surface area contributed by atoms with E-state index < -0.39 is 0 Å². The van der Waals surface area contributed by atoms with Crippen molar-refractivity contribution in [2.24, 2.45) is 0 Å². The maximum atomic E-state index is 3.17. The lowest BCUT2D eigenvalue weighted by molar-refractivity contribution is 0.815. The van der Waals surface area contributed by atoms with Crippen LogP contribution in [0.3, 0.4) is 0 Å². The van der Waals surface area contributed by atoms with Crippen LogP contribution in [0.4, 0.5) is 5.69 Å². The Morgan fingerprint density at radius 2 is 1.87 bits per heavy atom. The number of thioether (sulfide) groups is 1. The molecule has 1 aliphatic rings. The van der Waals surface area contributed by atoms with Crippen LogP contribution >= 0.6 is 11.8 Å². The molecule has 3 heteroatoms. The van der Waals surface area contributed by atoms with Crippen LogP contribution in [0.1, 0.15) is 5.56 Å². The van der Waals surface area contributed by atoms with Crippen molar-refractivity contribution in [3.8, 4) is 0 Å². The molecule has 0 bridgehead atoms. The standard InChI is InChI=1S/C12H18N2S/c1-13-10-11-2-4-12(5-3-11)14-6-8-15-9-7-14/h2-5,13H,6-10H2,1H3. The third-order valence-corrected chi connectivity index (χ3v) is 3.64. The molecule has 0 aliphatic carbocycles. The van der Waals surface area contributed by atoms with E-state index in [2.05, 4.69) is 46.2 Å². The minimum atomic E-state index is 0.954. The number of hydrogen-bond donors (Lipinski definition) is 1. The molecule has 1 aliphatic heterocycles. The van der Waals surface area contributed by atoms with E-state index in [1.165, 1.54) is 35.8 Å². The molecular formula is C12H18N2S. The molecule has 0 radical (unpaired) electrons. The fraction of sp³-hybridized carbons (Fsp3) is 0.500. The van der Waals surface area contributed by atoms with E-state index in [0.717, 1.165) is 6.54 Å². The second-order valence-electron chi connectivity index (χ2n) is 3.80. The molecule has 82 valence electrons. The summed E-state index contributed by atoms with van der Waals surface area (Å²) in [4.78, 5) is 2.47. The monoisotopic (exact) mass is 222 g/mol. The highest BCUT2D eigenvalue weighted by Gasteiger charge is 2.10. The lowest BCUT2D eigenvalue weighted by Crippen LogP contribution is -2.32. The van der Waals surface area contributed by atoms with Gasteiger partial charge in [0, 0.05) is 36.8 Å². The quantitative estimate of drug-likeness (QED) is 0.841. The first-order chi connectivity index (χ1) is 7.40. The van der Waals surface area contributed by atoms with Gasteiger partial charge in [-0.05, 0) is 24.7 Å². The normalized spacial score (nSPS) is 16.7. The summed E-state index contributed by atoms with van der Waals surface area (Å²) in [5, 5.41) is 3.17. The molecule has 2 rings (SSSR count). The van der Waals surface area contributed by atoms with Gasteiger partial charge in [-0.15, -0.1) is 0 Å². The summed E-state index contributed by atoms with van der Waals surface area (Å²) >= 11 is 2.05. The molecular weight excluding hydrogens is 204 g/mol. The largest absolute Gasteiger partial charge is 0.370 e. The first-order valence-electron chi connectivity index (χ1n) is 5.46. The molecule has 15 heavy (non-hydrogen) atoms. The molecule has 0 atom stereocenters. The van der Waals surface area contributed by atoms with Gasteiger partial charge >= 0.3 is 0 Å². The Kier molecular flexibility index (Phi) is 3.92. The average molecular weight is 222 g/mol. The Hall–Kier alpha value is -0.670. The minimum absolute atomic E-state index is 0.954. The smallest absolute Gasteiger partial charge is 0.0366 e. The number of anilines is 1. The number of nitrogens with one attached hydrogen (secondary N) is 1. The first-order valence-corrected chi connectivity index (χ1v) is 6.62. The number of benzene rings is 1. The van der Waals surface area contributed by atoms with Crippen LogP contribution in [0.2, 0.25) is 0 Å². The first kappa shape index (κ1) is 10.8. The van der Waals surface area contributed by atoms with E-state index >= 15 is 0 Å². The zero-order valence-electron chi connectivity index (χ0n) is 9.20. The second kappa shape index (κ2) is 5.42. The zero-order chi connectivity index (χ0) is 10.5. The van der Waals surface area contributed by atoms with Crippen LogP contribution in [-0.2, 0) is 6.54 Å². The lowest BCUT2D eigenvalue weighted by atomic mass is 10.2. The molecule has 0 unspecified atom stereocenters. The van der Waals surface area contributed by atoms with Gasteiger partial charge in [0.05, 0.1) is 0 Å². The summed E-state index contributed by atoms with van der Waals surface area (Å²) in [6.07, 6.45) is 0. The van der Waals surface area contributed by atoms with Crippen LogP contribution in [0.5, 0.6) is 0 Å². The average Bonchev–Trinajstić information content (AvgIpc) is 2.32. The number of rotatable bonds is 3. The summed E-state index contributed by atoms with van der Waals surface area (Å²) < 4.78 is 0. The molecule has 0 amide bonds. The lowest BCUT2D eigenvalue weighted by Gasteiger charge is -2.28. The topological polar surface area (TPSA) is 15.3 Å². The van der Waals surface area contributed by atoms with Crippen LogP contribution in [-0.4, -0.2) is 31.6 Å². The van der Waals surface area contributed by atoms with Crippen molar-refractivity contribution in [2.45, 2.75) is 6.54 Å². The molecule has 2 nitrogen and oxygen atoms in total. The van der Waals surface area contributed by atoms with Gasteiger partial charge in [0.1, 0.15) is 0 Å². The van der Waals surface area contributed by atoms with E-state index in [0.29, 0.717) is 0 Å². The molecule has 1 heterocycles. The van der Waals surface area contributed by atoms with Crippen molar-refractivity contribution in [1.29, 1.82) is 0 Å². The van der Waals surface area contributed by atoms with Gasteiger partial charge in [-0.1, -0.05) is 12.1 Å². The number of nitrogens with zero attached hydrogens (tertiary/aromatic N) is 1. The van der Waals surface area contributed by atoms with Crippen molar-refractivity contribution in [3.05, 3.63) is 29.8 Å². The fourth-order valence-electron chi connectivity index (χ4n) is 1.85. The highest BCUT2D eigenvalue weighted by atomic mass is 32.2. The summed E-state index contributed by atoms with van der Waals surface area (Å²) in [7, 11) is 1.98. The van der Waals surface area contributed by atoms with Crippen LogP contribution in [0, 0.1) is 0 Å². The summed E-state index contributed by atoms with van der Waals surface area (Å²) in [5.74, 6) is 2.52. The van der Waals surface area contributed by atoms with Crippen molar-refractivity contribution in [3.63, 3.8) is 0 Å². The Bertz CT molecular complexity index is 291. The van der Waals surface area contributed by atoms with Gasteiger partial charge in [-0.2, -0.15) is 11.8 Å². The maximum Gasteiger partial charge on any atom is 0.0366 e. The summed E-state index contributed by atoms with van der Waals surface area (Å²) in [5.41, 5.74) is 2.72. The Labute approximate surface area is 96.0 Å². The summed E-state index contributed by atoms with van der Waals surface area (Å²) in [6, 6.07) is 8.91. The van der Waals surface area contributed by atoms with E-state index in [9.17, 15) is 0 Å². The molecule has 0 saturated carbocycles. The molecule has 0 spiro atoms. The predicted octanol–water partition coefficient (Wildman–Crippen LogP) is 1.96. The fourth-order valence-corrected chi connectivity index (χ4v) is 2.75. The predicted molar refractivity (Wildman–Crippen MR) is 68.7 cm³/mol. The van der Waals surface area contributed by atoms with Gasteiger partial charge in [0.15, 0.2) is 0 Å². The molecule has 0 aromatic heterocycles. The Morgan fingerprint density at radius 1 is 1.20 bits per heavy atom. The molecule has 1 N–H and O–H groups in total. The molecule has 1 fully saturated rings. The molecule has 1 saturated heterocycles. The summed E-state index contributed by atoms with van der Waals surface area (Å²) in [6.45, 7) is 3.34. The van der Waals surface area contributed by atoms with E-state index in [-0.39, 0.29) is 0 Å². The minimum Gasteiger partial charge on any atom is -0.370 e. The van der Waals surface area contributed by atoms with Crippen LogP contribution < -0.4 is 10.2 Å². The maximum absolute atomic E-state index is 3.17. The van der Waals surface area contributed by atoms with Gasteiger partial charge in [-0.25, -0.2) is 0 Å². The third-order valence-electron chi connectivity index (χ3n) is 2.69. The van der Waals surface area contributed by atoms with Crippen molar-refractivity contribution < 1.29 is 0 Å². The van der Waals surface area contributed by atoms with E-state index in [4.69, 9.17) is 0 Å². The highest BCUT2D eigenvalue weighted by molar-refractivity contribution is 7.99. The van der Waals surface area contributed by atoms with Crippen LogP contribution in [0.25, 0.3) is 0 Å². The SMILES string of the molecule is CNCc1ccc(N2CCSCC2)cc1. The van der Waals surface area contributed by atoms with Crippen molar-refractivity contribution in [1.82, 2.24) is 5.32 Å². The van der Waals surface area contributed by atoms with Crippen molar-refractivity contribution >= 4 is 17.4 Å². The molecule has 1 aromatic rings. The zero-order valence-corrected chi connectivity index (χ0v) is 10.0. The Balaban J connectivity index is 2.02. The molecule has 1 aromatic carbocycles. The number of hydrogen-bond acceptors (Lipinski definition) is 3. The van der Waals surface area contributed by atoms with Crippen molar-refractivity contribution in [2.75, 3.05) is 36.5 Å². The second-order valence-corrected chi connectivity index (χ2v) is 5.02. The van der Waals surface area contributed by atoms with Gasteiger partial charge in [-0.3, -0.25) is 0 Å². The Morgan fingerprint density at radius 3 is 2.47 bits per heavy atom. The van der Waals surface area contributed by atoms with E-state index in [1.807, 2.05) is 7.05 Å². The highest BCUT2D eigenvalue weighted by Crippen LogP contribution is 2.19. The van der Waals surface area contributed by atoms with E-state index in [1.54, 1.807) is 0 Å². The third kappa shape index (κ3) is 2.89. The van der Waals surface area contributed by atoms with Crippen LogP contribution in [0.15, 0.2) is 24.3 Å². The van der Waals surface area contributed by atoms with Gasteiger partial charge in [0.2, 0.25) is 0 Å².